The highest BCUT2D eigenvalue weighted by molar-refractivity contribution is 5.80. The van der Waals surface area contributed by atoms with E-state index in [0.717, 1.165) is 82.7 Å². The van der Waals surface area contributed by atoms with Crippen molar-refractivity contribution in [2.24, 2.45) is 4.99 Å². The first-order valence-electron chi connectivity index (χ1n) is 10.6. The molecule has 158 valence electrons. The lowest BCUT2D eigenvalue weighted by atomic mass is 10.2. The molecule has 3 rings (SSSR count). The Balaban J connectivity index is 1.36. The Morgan fingerprint density at radius 2 is 1.93 bits per heavy atom. The van der Waals surface area contributed by atoms with Gasteiger partial charge >= 0.3 is 0 Å². The van der Waals surface area contributed by atoms with Gasteiger partial charge in [0, 0.05) is 51.9 Å². The molecule has 1 aromatic carbocycles. The van der Waals surface area contributed by atoms with Gasteiger partial charge in [-0.05, 0) is 38.8 Å². The first kappa shape index (κ1) is 21.2. The number of aliphatic imine (C=N–C) groups is 1. The van der Waals surface area contributed by atoms with E-state index >= 15 is 0 Å². The third kappa shape index (κ3) is 7.09. The van der Waals surface area contributed by atoms with Gasteiger partial charge < -0.3 is 19.5 Å². The van der Waals surface area contributed by atoms with E-state index in [2.05, 4.69) is 46.3 Å². The molecule has 7 nitrogen and oxygen atoms in total. The number of aryl methyl sites for hydroxylation is 1. The average molecular weight is 400 g/mol. The van der Waals surface area contributed by atoms with Crippen molar-refractivity contribution in [1.29, 1.82) is 0 Å². The van der Waals surface area contributed by atoms with Gasteiger partial charge in [-0.3, -0.25) is 9.89 Å². The fraction of sp³-hybridized carbons (Fsp3) is 0.545. The summed E-state index contributed by atoms with van der Waals surface area (Å²) >= 11 is 0. The van der Waals surface area contributed by atoms with Crippen LogP contribution in [0.25, 0.3) is 0 Å². The summed E-state index contributed by atoms with van der Waals surface area (Å²) in [6.45, 7) is 11.4. The van der Waals surface area contributed by atoms with Crippen LogP contribution in [0.2, 0.25) is 0 Å². The molecule has 1 saturated heterocycles. The number of benzene rings is 1. The van der Waals surface area contributed by atoms with Crippen molar-refractivity contribution >= 4 is 5.96 Å². The maximum atomic E-state index is 5.79. The second-order valence-corrected chi connectivity index (χ2v) is 7.36. The van der Waals surface area contributed by atoms with Crippen LogP contribution in [0.3, 0.4) is 0 Å². The molecule has 1 aliphatic rings. The number of unbranched alkanes of at least 4 members (excludes halogenated alkanes) is 1. The molecule has 0 saturated carbocycles. The molecule has 0 spiro atoms. The van der Waals surface area contributed by atoms with E-state index in [1.807, 2.05) is 18.2 Å². The van der Waals surface area contributed by atoms with Crippen molar-refractivity contribution in [3.05, 3.63) is 47.9 Å². The Morgan fingerprint density at radius 1 is 1.14 bits per heavy atom. The van der Waals surface area contributed by atoms with Gasteiger partial charge in [-0.15, -0.1) is 0 Å². The summed E-state index contributed by atoms with van der Waals surface area (Å²) in [6.07, 6.45) is 3.66. The van der Waals surface area contributed by atoms with Gasteiger partial charge in [0.15, 0.2) is 5.96 Å². The van der Waals surface area contributed by atoms with Crippen LogP contribution in [-0.4, -0.2) is 66.8 Å². The maximum absolute atomic E-state index is 5.79. The second-order valence-electron chi connectivity index (χ2n) is 7.36. The number of aromatic nitrogens is 1. The lowest BCUT2D eigenvalue weighted by molar-refractivity contribution is 0.169. The highest BCUT2D eigenvalue weighted by Crippen LogP contribution is 2.12. The van der Waals surface area contributed by atoms with Crippen LogP contribution in [0, 0.1) is 6.92 Å². The lowest BCUT2D eigenvalue weighted by Crippen LogP contribution is -2.52. The molecular formula is C22H33N5O2. The number of rotatable bonds is 9. The van der Waals surface area contributed by atoms with E-state index in [4.69, 9.17) is 14.3 Å². The van der Waals surface area contributed by atoms with Crippen molar-refractivity contribution in [2.75, 3.05) is 45.9 Å². The van der Waals surface area contributed by atoms with Gasteiger partial charge in [-0.25, -0.2) is 0 Å². The molecule has 0 radical (unpaired) electrons. The van der Waals surface area contributed by atoms with Gasteiger partial charge in [-0.1, -0.05) is 22.9 Å². The zero-order chi connectivity index (χ0) is 20.3. The number of hydrogen-bond donors (Lipinski definition) is 1. The van der Waals surface area contributed by atoms with Gasteiger partial charge in [0.2, 0.25) is 0 Å². The molecule has 0 amide bonds. The predicted octanol–water partition coefficient (Wildman–Crippen LogP) is 2.93. The Kier molecular flexibility index (Phi) is 8.37. The molecule has 1 aliphatic heterocycles. The number of hydrogen-bond acceptors (Lipinski definition) is 5. The molecule has 1 fully saturated rings. The summed E-state index contributed by atoms with van der Waals surface area (Å²) in [7, 11) is 0. The van der Waals surface area contributed by atoms with Crippen LogP contribution >= 0.6 is 0 Å². The van der Waals surface area contributed by atoms with Crippen molar-refractivity contribution < 1.29 is 9.26 Å². The van der Waals surface area contributed by atoms with Gasteiger partial charge in [0.05, 0.1) is 12.3 Å². The standard InChI is InChI=1S/C22H33N5O2/c1-3-23-22(24-11-4-5-16-28-21-8-6-19(2)7-9-21)27-14-12-26(13-15-27)18-20-10-17-29-25-20/h6-10,17H,3-5,11-16,18H2,1-2H3,(H,23,24). The molecule has 2 aromatic rings. The summed E-state index contributed by atoms with van der Waals surface area (Å²) < 4.78 is 10.7. The van der Waals surface area contributed by atoms with Crippen molar-refractivity contribution in [3.8, 4) is 5.75 Å². The lowest BCUT2D eigenvalue weighted by Gasteiger charge is -2.36. The maximum Gasteiger partial charge on any atom is 0.194 e. The molecule has 0 unspecified atom stereocenters. The Bertz CT molecular complexity index is 722. The summed E-state index contributed by atoms with van der Waals surface area (Å²) in [5.74, 6) is 1.96. The molecule has 0 atom stereocenters. The first-order valence-corrected chi connectivity index (χ1v) is 10.6. The smallest absolute Gasteiger partial charge is 0.194 e. The Labute approximate surface area is 173 Å². The van der Waals surface area contributed by atoms with Gasteiger partial charge in [0.1, 0.15) is 12.0 Å². The normalized spacial score (nSPS) is 15.5. The molecule has 1 aromatic heterocycles. The Morgan fingerprint density at radius 3 is 2.62 bits per heavy atom. The molecule has 0 bridgehead atoms. The van der Waals surface area contributed by atoms with Crippen molar-refractivity contribution in [2.45, 2.75) is 33.2 Å². The molecular weight excluding hydrogens is 366 g/mol. The second kappa shape index (κ2) is 11.5. The largest absolute Gasteiger partial charge is 0.494 e. The van der Waals surface area contributed by atoms with Crippen LogP contribution in [0.4, 0.5) is 0 Å². The minimum Gasteiger partial charge on any atom is -0.494 e. The molecule has 0 aliphatic carbocycles. The highest BCUT2D eigenvalue weighted by atomic mass is 16.5. The first-order chi connectivity index (χ1) is 14.2. The molecule has 1 N–H and O–H groups in total. The molecule has 7 heteroatoms. The van der Waals surface area contributed by atoms with E-state index in [1.165, 1.54) is 5.56 Å². The fourth-order valence-electron chi connectivity index (χ4n) is 3.32. The van der Waals surface area contributed by atoms with E-state index in [1.54, 1.807) is 6.26 Å². The SMILES string of the molecule is CCNC(=NCCCCOc1ccc(C)cc1)N1CCN(Cc2ccon2)CC1. The van der Waals surface area contributed by atoms with Gasteiger partial charge in [-0.2, -0.15) is 0 Å². The number of guanidine groups is 1. The monoisotopic (exact) mass is 399 g/mol. The third-order valence-electron chi connectivity index (χ3n) is 4.99. The fourth-order valence-corrected chi connectivity index (χ4v) is 3.32. The third-order valence-corrected chi connectivity index (χ3v) is 4.99. The van der Waals surface area contributed by atoms with Crippen LogP contribution in [0.1, 0.15) is 31.0 Å². The zero-order valence-corrected chi connectivity index (χ0v) is 17.6. The minimum atomic E-state index is 0.732. The van der Waals surface area contributed by atoms with E-state index < -0.39 is 0 Å². The molecule has 2 heterocycles. The average Bonchev–Trinajstić information content (AvgIpc) is 3.25. The summed E-state index contributed by atoms with van der Waals surface area (Å²) in [5.41, 5.74) is 2.24. The number of nitrogens with zero attached hydrogens (tertiary/aromatic N) is 4. The summed E-state index contributed by atoms with van der Waals surface area (Å²) in [4.78, 5) is 9.58. The number of piperazine rings is 1. The number of nitrogens with one attached hydrogen (secondary N) is 1. The zero-order valence-electron chi connectivity index (χ0n) is 17.6. The quantitative estimate of drug-likeness (QED) is 0.397. The van der Waals surface area contributed by atoms with E-state index in [0.29, 0.717) is 0 Å². The van der Waals surface area contributed by atoms with Gasteiger partial charge in [0.25, 0.3) is 0 Å². The Hall–Kier alpha value is -2.54. The van der Waals surface area contributed by atoms with Crippen LogP contribution < -0.4 is 10.1 Å². The molecule has 29 heavy (non-hydrogen) atoms. The van der Waals surface area contributed by atoms with E-state index in [-0.39, 0.29) is 0 Å². The van der Waals surface area contributed by atoms with Crippen molar-refractivity contribution in [3.63, 3.8) is 0 Å². The number of ether oxygens (including phenoxy) is 1. The summed E-state index contributed by atoms with van der Waals surface area (Å²) in [5, 5.41) is 7.44. The topological polar surface area (TPSA) is 66.1 Å². The van der Waals surface area contributed by atoms with Crippen LogP contribution in [-0.2, 0) is 6.54 Å². The minimum absolute atomic E-state index is 0.732. The van der Waals surface area contributed by atoms with Crippen molar-refractivity contribution in [1.82, 2.24) is 20.3 Å². The predicted molar refractivity (Wildman–Crippen MR) is 115 cm³/mol. The summed E-state index contributed by atoms with van der Waals surface area (Å²) in [6, 6.07) is 10.1. The van der Waals surface area contributed by atoms with Crippen LogP contribution in [0.15, 0.2) is 46.1 Å². The highest BCUT2D eigenvalue weighted by Gasteiger charge is 2.20. The van der Waals surface area contributed by atoms with Crippen LogP contribution in [0.5, 0.6) is 5.75 Å². The van der Waals surface area contributed by atoms with E-state index in [9.17, 15) is 0 Å².